The molecule has 0 saturated heterocycles. The maximum absolute atomic E-state index is 10.9. The Morgan fingerprint density at radius 1 is 1.23 bits per heavy atom. The van der Waals surface area contributed by atoms with E-state index >= 15 is 0 Å². The van der Waals surface area contributed by atoms with Crippen molar-refractivity contribution in [1.82, 2.24) is 0 Å². The van der Waals surface area contributed by atoms with E-state index in [1.54, 1.807) is 24.3 Å². The topological polar surface area (TPSA) is 89.3 Å². The molecule has 1 aromatic carbocycles. The molecule has 0 aliphatic heterocycles. The summed E-state index contributed by atoms with van der Waals surface area (Å²) in [7, 11) is 6.76. The van der Waals surface area contributed by atoms with E-state index in [4.69, 9.17) is 7.85 Å². The zero-order chi connectivity index (χ0) is 8.27. The second-order valence-electron chi connectivity index (χ2n) is 2.11. The zero-order valence-corrected chi connectivity index (χ0v) is 7.20. The summed E-state index contributed by atoms with van der Waals surface area (Å²) < 4.78 is 4.50. The molecule has 2 radical (unpaired) electrons. The van der Waals surface area contributed by atoms with E-state index in [2.05, 4.69) is 4.74 Å². The number of rotatable bonds is 1. The van der Waals surface area contributed by atoms with E-state index in [9.17, 15) is 4.79 Å². The highest BCUT2D eigenvalue weighted by atomic mass is 16.5. The van der Waals surface area contributed by atoms with E-state index in [-0.39, 0.29) is 16.9 Å². The molecule has 4 N–H and O–H groups in total. The van der Waals surface area contributed by atoms with Crippen molar-refractivity contribution >= 4 is 19.3 Å². The molecule has 0 aliphatic rings. The van der Waals surface area contributed by atoms with Crippen molar-refractivity contribution in [3.8, 4) is 0 Å². The van der Waals surface area contributed by atoms with Crippen molar-refractivity contribution in [3.63, 3.8) is 0 Å². The molecule has 0 amide bonds. The van der Waals surface area contributed by atoms with Crippen molar-refractivity contribution in [1.29, 1.82) is 0 Å². The highest BCUT2D eigenvalue weighted by Gasteiger charge is 2.01. The highest BCUT2D eigenvalue weighted by molar-refractivity contribution is 6.32. The Kier molecular flexibility index (Phi) is 6.80. The second-order valence-corrected chi connectivity index (χ2v) is 2.11. The quantitative estimate of drug-likeness (QED) is 0.395. The van der Waals surface area contributed by atoms with Gasteiger partial charge in [-0.1, -0.05) is 17.6 Å². The van der Waals surface area contributed by atoms with E-state index < -0.39 is 0 Å². The van der Waals surface area contributed by atoms with Crippen LogP contribution in [-0.2, 0) is 4.74 Å². The van der Waals surface area contributed by atoms with Gasteiger partial charge in [0.2, 0.25) is 0 Å². The Hall–Kier alpha value is -1.33. The number of benzene rings is 1. The average Bonchev–Trinajstić information content (AvgIpc) is 2.05. The first-order valence-electron chi connectivity index (χ1n) is 3.18. The Morgan fingerprint density at radius 3 is 2.08 bits per heavy atom. The molecule has 5 heteroatoms. The summed E-state index contributed by atoms with van der Waals surface area (Å²) in [5.74, 6) is -0.343. The normalized spacial score (nSPS) is 7.77. The smallest absolute Gasteiger partial charge is 0.337 e. The highest BCUT2D eigenvalue weighted by Crippen LogP contribution is 1.97. The lowest BCUT2D eigenvalue weighted by Gasteiger charge is -1.98. The third-order valence-electron chi connectivity index (χ3n) is 1.33. The van der Waals surface area contributed by atoms with Crippen LogP contribution in [-0.4, -0.2) is 31.9 Å². The van der Waals surface area contributed by atoms with Gasteiger partial charge in [-0.3, -0.25) is 0 Å². The Bertz CT molecular complexity index is 257. The van der Waals surface area contributed by atoms with Crippen LogP contribution in [0.3, 0.4) is 0 Å². The van der Waals surface area contributed by atoms with Crippen molar-refractivity contribution < 1.29 is 20.5 Å². The summed E-state index contributed by atoms with van der Waals surface area (Å²) >= 11 is 0. The fourth-order valence-corrected chi connectivity index (χ4v) is 0.737. The molecule has 70 valence electrons. The molecule has 1 aromatic rings. The van der Waals surface area contributed by atoms with Gasteiger partial charge in [0.15, 0.2) is 0 Å². The molecule has 0 unspecified atom stereocenters. The van der Waals surface area contributed by atoms with Crippen LogP contribution in [0.4, 0.5) is 0 Å². The van der Waals surface area contributed by atoms with Crippen LogP contribution < -0.4 is 5.46 Å². The minimum atomic E-state index is -0.343. The van der Waals surface area contributed by atoms with Gasteiger partial charge in [-0.15, -0.1) is 0 Å². The van der Waals surface area contributed by atoms with E-state index in [0.29, 0.717) is 11.0 Å². The summed E-state index contributed by atoms with van der Waals surface area (Å²) in [6, 6.07) is 6.57. The van der Waals surface area contributed by atoms with Crippen LogP contribution in [0.25, 0.3) is 0 Å². The number of hydrogen-bond donors (Lipinski definition) is 0. The number of methoxy groups -OCH3 is 1. The number of ether oxygens (including phenoxy) is 1. The summed E-state index contributed by atoms with van der Waals surface area (Å²) in [5, 5.41) is 0. The van der Waals surface area contributed by atoms with Gasteiger partial charge < -0.3 is 15.7 Å². The Balaban J connectivity index is 0. The van der Waals surface area contributed by atoms with Crippen LogP contribution in [0.1, 0.15) is 10.4 Å². The lowest BCUT2D eigenvalue weighted by atomic mass is 9.95. The Labute approximate surface area is 77.5 Å². The maximum Gasteiger partial charge on any atom is 0.337 e. The first-order chi connectivity index (χ1) is 5.24. The summed E-state index contributed by atoms with van der Waals surface area (Å²) in [6.07, 6.45) is 0. The Morgan fingerprint density at radius 2 is 1.69 bits per heavy atom. The minimum Gasteiger partial charge on any atom is -0.465 e. The summed E-state index contributed by atoms with van der Waals surface area (Å²) in [4.78, 5) is 10.9. The van der Waals surface area contributed by atoms with Gasteiger partial charge >= 0.3 is 5.97 Å². The molecule has 0 heterocycles. The lowest BCUT2D eigenvalue weighted by Crippen LogP contribution is -2.05. The van der Waals surface area contributed by atoms with Gasteiger partial charge in [-0.25, -0.2) is 4.79 Å². The lowest BCUT2D eigenvalue weighted by molar-refractivity contribution is 0.0601. The summed E-state index contributed by atoms with van der Waals surface area (Å²) in [6.45, 7) is 0. The second kappa shape index (κ2) is 6.22. The molecule has 0 fully saturated rings. The van der Waals surface area contributed by atoms with E-state index in [1.165, 1.54) is 7.11 Å². The average molecular weight is 182 g/mol. The molecular weight excluding hydrogens is 171 g/mol. The van der Waals surface area contributed by atoms with Crippen molar-refractivity contribution in [2.75, 3.05) is 7.11 Å². The molecular formula is C8H11BO4. The number of hydrogen-bond acceptors (Lipinski definition) is 2. The molecule has 4 nitrogen and oxygen atoms in total. The number of carbonyl (C=O) groups is 1. The van der Waals surface area contributed by atoms with Gasteiger partial charge in [0, 0.05) is 0 Å². The molecule has 0 spiro atoms. The predicted molar refractivity (Wildman–Crippen MR) is 50.4 cm³/mol. The molecule has 13 heavy (non-hydrogen) atoms. The molecule has 0 bridgehead atoms. The van der Waals surface area contributed by atoms with Crippen LogP contribution >= 0.6 is 0 Å². The molecule has 0 saturated carbocycles. The number of esters is 1. The van der Waals surface area contributed by atoms with E-state index in [0.717, 1.165) is 0 Å². The van der Waals surface area contributed by atoms with Gasteiger partial charge in [0.25, 0.3) is 0 Å². The maximum atomic E-state index is 10.9. The first kappa shape index (κ1) is 14.2. The van der Waals surface area contributed by atoms with Gasteiger partial charge in [-0.2, -0.15) is 0 Å². The predicted octanol–water partition coefficient (Wildman–Crippen LogP) is -1.38. The fraction of sp³-hybridized carbons (Fsp3) is 0.125. The van der Waals surface area contributed by atoms with Crippen LogP contribution in [0.2, 0.25) is 0 Å². The third kappa shape index (κ3) is 3.73. The third-order valence-corrected chi connectivity index (χ3v) is 1.33. The van der Waals surface area contributed by atoms with Crippen LogP contribution in [0.15, 0.2) is 24.3 Å². The molecule has 0 aliphatic carbocycles. The van der Waals surface area contributed by atoms with Crippen LogP contribution in [0.5, 0.6) is 0 Å². The standard InChI is InChI=1S/C8H7BO2.2H2O/c1-11-8(10)6-2-4-7(9)5-3-6;;/h2-5H,1H3;2*1H2. The van der Waals surface area contributed by atoms with Crippen molar-refractivity contribution in [2.45, 2.75) is 0 Å². The molecule has 0 atom stereocenters. The first-order valence-corrected chi connectivity index (χ1v) is 3.18. The van der Waals surface area contributed by atoms with Crippen LogP contribution in [0, 0.1) is 0 Å². The van der Waals surface area contributed by atoms with Crippen molar-refractivity contribution in [3.05, 3.63) is 29.8 Å². The monoisotopic (exact) mass is 182 g/mol. The largest absolute Gasteiger partial charge is 0.465 e. The van der Waals surface area contributed by atoms with Gasteiger partial charge in [0.05, 0.1) is 12.7 Å². The molecule has 0 aromatic heterocycles. The van der Waals surface area contributed by atoms with E-state index in [1.807, 2.05) is 0 Å². The number of carbonyl (C=O) groups excluding carboxylic acids is 1. The molecule has 1 rings (SSSR count). The SMILES string of the molecule is O.O.[B]c1ccc(C(=O)OC)cc1. The zero-order valence-electron chi connectivity index (χ0n) is 7.20. The van der Waals surface area contributed by atoms with Gasteiger partial charge in [-0.05, 0) is 12.1 Å². The summed E-state index contributed by atoms with van der Waals surface area (Å²) in [5.41, 5.74) is 1.15. The fourth-order valence-electron chi connectivity index (χ4n) is 0.737. The van der Waals surface area contributed by atoms with Gasteiger partial charge in [0.1, 0.15) is 7.85 Å². The minimum absolute atomic E-state index is 0. The van der Waals surface area contributed by atoms with Crippen molar-refractivity contribution in [2.24, 2.45) is 0 Å².